The second kappa shape index (κ2) is 6.89. The topological polar surface area (TPSA) is 134 Å². The van der Waals surface area contributed by atoms with E-state index in [1.807, 2.05) is 0 Å². The number of carboxylic acid groups (broad SMARTS) is 1. The lowest BCUT2D eigenvalue weighted by Gasteiger charge is -2.12. The summed E-state index contributed by atoms with van der Waals surface area (Å²) >= 11 is 0. The van der Waals surface area contributed by atoms with Crippen molar-refractivity contribution in [3.05, 3.63) is 0 Å². The van der Waals surface area contributed by atoms with Crippen LogP contribution in [-0.4, -0.2) is 41.4 Å². The van der Waals surface area contributed by atoms with Crippen LogP contribution in [0.3, 0.4) is 0 Å². The van der Waals surface area contributed by atoms with Crippen LogP contribution >= 0.6 is 0 Å². The zero-order chi connectivity index (χ0) is 11.0. The molecule has 0 rings (SSSR count). The number of nitrogens with one attached hydrogen (secondary N) is 1. The highest BCUT2D eigenvalue weighted by Crippen LogP contribution is 1.76. The van der Waals surface area contributed by atoms with Gasteiger partial charge in [-0.15, -0.1) is 0 Å². The maximum Gasteiger partial charge on any atom is 0.323 e. The summed E-state index contributed by atoms with van der Waals surface area (Å²) in [5.41, 5.74) is 9.40. The molecule has 7 nitrogen and oxygen atoms in total. The molecule has 0 saturated heterocycles. The van der Waals surface area contributed by atoms with Gasteiger partial charge in [0.15, 0.2) is 5.96 Å². The number of rotatable bonds is 2. The van der Waals surface area contributed by atoms with Gasteiger partial charge < -0.3 is 21.5 Å². The minimum Gasteiger partial charge on any atom is -0.480 e. The van der Waals surface area contributed by atoms with Crippen LogP contribution in [0.1, 0.15) is 6.92 Å². The van der Waals surface area contributed by atoms with E-state index < -0.39 is 5.97 Å². The molecule has 0 aromatic carbocycles. The number of aliphatic carboxylic acids is 1. The number of likely N-dealkylation sites (N-methyl/N-ethyl adjacent to an activating group) is 1. The van der Waals surface area contributed by atoms with E-state index in [0.717, 1.165) is 4.90 Å². The number of carbonyl (C=O) groups excluding carboxylic acids is 1. The van der Waals surface area contributed by atoms with Crippen molar-refractivity contribution in [2.45, 2.75) is 6.92 Å². The van der Waals surface area contributed by atoms with Crippen molar-refractivity contribution in [1.29, 1.82) is 5.41 Å². The highest BCUT2D eigenvalue weighted by Gasteiger charge is 2.03. The number of hydrogen-bond acceptors (Lipinski definition) is 3. The van der Waals surface area contributed by atoms with E-state index in [1.165, 1.54) is 14.0 Å². The maximum atomic E-state index is 9.92. The zero-order valence-electron chi connectivity index (χ0n) is 7.57. The number of carbonyl (C=O) groups is 2. The summed E-state index contributed by atoms with van der Waals surface area (Å²) in [6.07, 6.45) is 0. The number of hydrogen-bond donors (Lipinski definition) is 4. The van der Waals surface area contributed by atoms with Gasteiger partial charge in [-0.05, 0) is 0 Å². The number of amides is 1. The van der Waals surface area contributed by atoms with Crippen LogP contribution in [0, 0.1) is 5.41 Å². The van der Waals surface area contributed by atoms with Crippen molar-refractivity contribution < 1.29 is 14.7 Å². The molecule has 0 unspecified atom stereocenters. The Hall–Kier alpha value is -1.79. The van der Waals surface area contributed by atoms with Gasteiger partial charge in [0, 0.05) is 14.0 Å². The number of carboxylic acids is 1. The lowest BCUT2D eigenvalue weighted by Crippen LogP contribution is -2.36. The Kier molecular flexibility index (Phi) is 7.30. The van der Waals surface area contributed by atoms with E-state index >= 15 is 0 Å². The zero-order valence-corrected chi connectivity index (χ0v) is 7.57. The van der Waals surface area contributed by atoms with E-state index in [0.29, 0.717) is 0 Å². The van der Waals surface area contributed by atoms with Crippen LogP contribution in [0.15, 0.2) is 0 Å². The summed E-state index contributed by atoms with van der Waals surface area (Å²) in [7, 11) is 1.44. The van der Waals surface area contributed by atoms with Gasteiger partial charge in [-0.3, -0.25) is 15.0 Å². The lowest BCUT2D eigenvalue weighted by atomic mass is 10.6. The highest BCUT2D eigenvalue weighted by molar-refractivity contribution is 5.79. The van der Waals surface area contributed by atoms with E-state index in [9.17, 15) is 9.59 Å². The van der Waals surface area contributed by atoms with Crippen molar-refractivity contribution >= 4 is 17.8 Å². The summed E-state index contributed by atoms with van der Waals surface area (Å²) in [5, 5.41) is 14.9. The fourth-order valence-corrected chi connectivity index (χ4v) is 0.288. The molecule has 0 aliphatic rings. The van der Waals surface area contributed by atoms with E-state index in [4.69, 9.17) is 16.2 Å². The van der Waals surface area contributed by atoms with Gasteiger partial charge in [0.25, 0.3) is 0 Å². The van der Waals surface area contributed by atoms with Gasteiger partial charge in [0.05, 0.1) is 0 Å². The van der Waals surface area contributed by atoms with Gasteiger partial charge in [-0.25, -0.2) is 0 Å². The first-order chi connectivity index (χ1) is 5.77. The second-order valence-corrected chi connectivity index (χ2v) is 2.25. The first-order valence-electron chi connectivity index (χ1n) is 3.30. The molecule has 0 aromatic heterocycles. The third-order valence-electron chi connectivity index (χ3n) is 0.784. The molecule has 7 heteroatoms. The average Bonchev–Trinajstić information content (AvgIpc) is 1.83. The van der Waals surface area contributed by atoms with Crippen molar-refractivity contribution in [2.24, 2.45) is 11.5 Å². The minimum absolute atomic E-state index is 0.227. The molecule has 76 valence electrons. The summed E-state index contributed by atoms with van der Waals surface area (Å²) in [5.74, 6) is -1.56. The fraction of sp³-hybridized carbons (Fsp3) is 0.500. The van der Waals surface area contributed by atoms with Crippen LogP contribution in [0.5, 0.6) is 0 Å². The lowest BCUT2D eigenvalue weighted by molar-refractivity contribution is -0.137. The van der Waals surface area contributed by atoms with E-state index in [2.05, 4.69) is 5.73 Å². The molecule has 0 saturated carbocycles. The van der Waals surface area contributed by atoms with Gasteiger partial charge in [-0.2, -0.15) is 0 Å². The van der Waals surface area contributed by atoms with Gasteiger partial charge in [-0.1, -0.05) is 0 Å². The molecule has 0 bridgehead atoms. The normalized spacial score (nSPS) is 7.85. The van der Waals surface area contributed by atoms with Crippen molar-refractivity contribution in [3.8, 4) is 0 Å². The summed E-state index contributed by atoms with van der Waals surface area (Å²) in [6, 6.07) is 0. The van der Waals surface area contributed by atoms with Crippen LogP contribution in [0.25, 0.3) is 0 Å². The first-order valence-corrected chi connectivity index (χ1v) is 3.30. The molecule has 0 fully saturated rings. The third-order valence-corrected chi connectivity index (χ3v) is 0.784. The summed E-state index contributed by atoms with van der Waals surface area (Å²) < 4.78 is 0. The van der Waals surface area contributed by atoms with Crippen LogP contribution in [-0.2, 0) is 9.59 Å². The molecule has 1 amide bonds. The molecule has 6 N–H and O–H groups in total. The Balaban J connectivity index is 0. The van der Waals surface area contributed by atoms with Crippen LogP contribution in [0.2, 0.25) is 0 Å². The molecule has 0 heterocycles. The molecule has 0 aliphatic carbocycles. The molecule has 0 radical (unpaired) electrons. The van der Waals surface area contributed by atoms with Crippen molar-refractivity contribution in [1.82, 2.24) is 4.90 Å². The predicted molar refractivity (Wildman–Crippen MR) is 47.0 cm³/mol. The molecule has 0 aromatic rings. The Labute approximate surface area is 75.8 Å². The molecule has 13 heavy (non-hydrogen) atoms. The standard InChI is InChI=1S/C4H9N3O2.C2H5NO/c1-7(4(5)6)2-3(8)9;1-2(3)4/h2H2,1H3,(H3,5,6)(H,8,9);1H3,(H2,3,4). The molecular weight excluding hydrogens is 176 g/mol. The quantitative estimate of drug-likeness (QED) is 0.307. The maximum absolute atomic E-state index is 9.92. The summed E-state index contributed by atoms with van der Waals surface area (Å²) in [6.45, 7) is 1.08. The van der Waals surface area contributed by atoms with E-state index in [1.54, 1.807) is 0 Å². The first kappa shape index (κ1) is 13.8. The second-order valence-electron chi connectivity index (χ2n) is 2.25. The predicted octanol–water partition coefficient (Wildman–Crippen LogP) is -1.61. The number of guanidine groups is 1. The largest absolute Gasteiger partial charge is 0.480 e. The van der Waals surface area contributed by atoms with Crippen molar-refractivity contribution in [3.63, 3.8) is 0 Å². The highest BCUT2D eigenvalue weighted by atomic mass is 16.4. The Morgan fingerprint density at radius 3 is 1.85 bits per heavy atom. The minimum atomic E-state index is -0.993. The van der Waals surface area contributed by atoms with Gasteiger partial charge >= 0.3 is 5.97 Å². The van der Waals surface area contributed by atoms with Crippen LogP contribution in [0.4, 0.5) is 0 Å². The Morgan fingerprint density at radius 2 is 1.77 bits per heavy atom. The van der Waals surface area contributed by atoms with E-state index in [-0.39, 0.29) is 18.4 Å². The Bertz CT molecular complexity index is 200. The Morgan fingerprint density at radius 1 is 1.46 bits per heavy atom. The third kappa shape index (κ3) is 17.8. The summed E-state index contributed by atoms with van der Waals surface area (Å²) in [4.78, 5) is 20.3. The number of primary amides is 1. The van der Waals surface area contributed by atoms with Gasteiger partial charge in [0.2, 0.25) is 5.91 Å². The number of nitrogens with zero attached hydrogens (tertiary/aromatic N) is 1. The molecule has 0 spiro atoms. The molecule has 0 aliphatic heterocycles. The average molecular weight is 190 g/mol. The van der Waals surface area contributed by atoms with Gasteiger partial charge in [0.1, 0.15) is 6.54 Å². The molecule has 0 atom stereocenters. The van der Waals surface area contributed by atoms with Crippen LogP contribution < -0.4 is 11.5 Å². The fourth-order valence-electron chi connectivity index (χ4n) is 0.288. The SMILES string of the molecule is CC(N)=O.CN(CC(=O)O)C(=N)N. The van der Waals surface area contributed by atoms with Crippen molar-refractivity contribution in [2.75, 3.05) is 13.6 Å². The smallest absolute Gasteiger partial charge is 0.323 e. The number of nitrogens with two attached hydrogens (primary N) is 2. The monoisotopic (exact) mass is 190 g/mol. The molecular formula is C6H14N4O3.